The summed E-state index contributed by atoms with van der Waals surface area (Å²) < 4.78 is 16.1. The molecule has 0 bridgehead atoms. The minimum atomic E-state index is -0.989. The number of fused-ring (bicyclic) bond motifs is 1. The summed E-state index contributed by atoms with van der Waals surface area (Å²) >= 11 is 0. The van der Waals surface area contributed by atoms with Crippen molar-refractivity contribution < 1.29 is 28.9 Å². The molecule has 1 aromatic rings. The molecule has 8 heteroatoms. The molecule has 2 heterocycles. The molecule has 2 aliphatic rings. The van der Waals surface area contributed by atoms with Crippen molar-refractivity contribution in [1.29, 1.82) is 0 Å². The maximum absolute atomic E-state index is 12.4. The predicted molar refractivity (Wildman–Crippen MR) is 102 cm³/mol. The largest absolute Gasteiger partial charge is 0.486 e. The van der Waals surface area contributed by atoms with E-state index in [1.807, 2.05) is 4.90 Å². The van der Waals surface area contributed by atoms with Crippen LogP contribution in [0.15, 0.2) is 18.2 Å². The Bertz CT molecular complexity index is 737. The van der Waals surface area contributed by atoms with E-state index in [-0.39, 0.29) is 12.3 Å². The highest BCUT2D eigenvalue weighted by atomic mass is 16.6. The molecule has 2 N–H and O–H groups in total. The zero-order chi connectivity index (χ0) is 20.4. The van der Waals surface area contributed by atoms with Gasteiger partial charge in [-0.05, 0) is 39.0 Å². The number of aliphatic hydroxyl groups is 1. The minimum Gasteiger partial charge on any atom is -0.486 e. The topological polar surface area (TPSA) is 97.3 Å². The van der Waals surface area contributed by atoms with Crippen LogP contribution in [-0.2, 0) is 4.74 Å². The monoisotopic (exact) mass is 392 g/mol. The maximum Gasteiger partial charge on any atom is 0.407 e. The van der Waals surface area contributed by atoms with Crippen molar-refractivity contribution in [2.75, 3.05) is 39.4 Å². The molecule has 2 aliphatic heterocycles. The van der Waals surface area contributed by atoms with E-state index in [0.717, 1.165) is 0 Å². The van der Waals surface area contributed by atoms with Gasteiger partial charge in [-0.3, -0.25) is 9.69 Å². The number of ether oxygens (including phenoxy) is 3. The summed E-state index contributed by atoms with van der Waals surface area (Å²) in [6.07, 6.45) is -0.206. The molecule has 1 aromatic carbocycles. The number of β-amino-alcohol motifs (C(OH)–C–C–N with tert-alkyl or cyclic N) is 1. The molecular formula is C20H28N2O6. The van der Waals surface area contributed by atoms with Gasteiger partial charge in [0.15, 0.2) is 17.3 Å². The van der Waals surface area contributed by atoms with Crippen LogP contribution >= 0.6 is 0 Å². The number of likely N-dealkylation sites (tertiary alicyclic amines) is 1. The van der Waals surface area contributed by atoms with Crippen molar-refractivity contribution in [1.82, 2.24) is 10.2 Å². The molecule has 0 saturated carbocycles. The fourth-order valence-corrected chi connectivity index (χ4v) is 3.23. The first-order valence-corrected chi connectivity index (χ1v) is 9.48. The number of carbonyl (C=O) groups is 2. The van der Waals surface area contributed by atoms with Crippen molar-refractivity contribution in [2.45, 2.75) is 38.4 Å². The molecule has 0 radical (unpaired) electrons. The van der Waals surface area contributed by atoms with Crippen LogP contribution in [0.2, 0.25) is 0 Å². The van der Waals surface area contributed by atoms with Crippen LogP contribution in [0.25, 0.3) is 0 Å². The molecule has 1 amide bonds. The quantitative estimate of drug-likeness (QED) is 0.710. The first-order valence-electron chi connectivity index (χ1n) is 9.48. The minimum absolute atomic E-state index is 0.0132. The fraction of sp³-hybridized carbons (Fsp3) is 0.600. The normalized spacial score (nSPS) is 18.1. The number of nitrogens with one attached hydrogen (secondary N) is 1. The van der Waals surface area contributed by atoms with Gasteiger partial charge < -0.3 is 24.6 Å². The molecule has 154 valence electrons. The lowest BCUT2D eigenvalue weighted by Crippen LogP contribution is -2.66. The highest BCUT2D eigenvalue weighted by Crippen LogP contribution is 2.31. The average molecular weight is 392 g/mol. The molecule has 1 saturated heterocycles. The number of hydrogen-bond donors (Lipinski definition) is 2. The molecule has 28 heavy (non-hydrogen) atoms. The van der Waals surface area contributed by atoms with Gasteiger partial charge in [0.05, 0.1) is 6.54 Å². The lowest BCUT2D eigenvalue weighted by atomic mass is 9.93. The van der Waals surface area contributed by atoms with E-state index in [1.165, 1.54) is 0 Å². The second-order valence-corrected chi connectivity index (χ2v) is 8.32. The zero-order valence-electron chi connectivity index (χ0n) is 16.6. The van der Waals surface area contributed by atoms with Gasteiger partial charge in [-0.15, -0.1) is 0 Å². The Hall–Kier alpha value is -2.32. The first kappa shape index (κ1) is 20.4. The summed E-state index contributed by atoms with van der Waals surface area (Å²) in [5.41, 5.74) is -0.976. The molecule has 3 rings (SSSR count). The number of amides is 1. The Morgan fingerprint density at radius 1 is 1.21 bits per heavy atom. The van der Waals surface area contributed by atoms with Crippen molar-refractivity contribution in [3.05, 3.63) is 23.8 Å². The second kappa shape index (κ2) is 7.97. The van der Waals surface area contributed by atoms with E-state index < -0.39 is 17.3 Å². The number of hydrogen-bond acceptors (Lipinski definition) is 7. The van der Waals surface area contributed by atoms with Crippen LogP contribution in [0.3, 0.4) is 0 Å². The van der Waals surface area contributed by atoms with Gasteiger partial charge in [-0.2, -0.15) is 0 Å². The van der Waals surface area contributed by atoms with Gasteiger partial charge in [0, 0.05) is 31.6 Å². The predicted octanol–water partition coefficient (Wildman–Crippen LogP) is 1.60. The Morgan fingerprint density at radius 2 is 1.89 bits per heavy atom. The Morgan fingerprint density at radius 3 is 2.57 bits per heavy atom. The number of benzene rings is 1. The summed E-state index contributed by atoms with van der Waals surface area (Å²) in [4.78, 5) is 26.1. The summed E-state index contributed by atoms with van der Waals surface area (Å²) in [6.45, 7) is 7.81. The maximum atomic E-state index is 12.4. The number of rotatable bonds is 6. The number of ketones is 1. The third-order valence-corrected chi connectivity index (χ3v) is 4.52. The zero-order valence-corrected chi connectivity index (χ0v) is 16.6. The van der Waals surface area contributed by atoms with Gasteiger partial charge >= 0.3 is 6.09 Å². The van der Waals surface area contributed by atoms with Crippen molar-refractivity contribution in [3.8, 4) is 11.5 Å². The summed E-state index contributed by atoms with van der Waals surface area (Å²) in [5.74, 6) is 1.27. The summed E-state index contributed by atoms with van der Waals surface area (Å²) in [7, 11) is 0. The van der Waals surface area contributed by atoms with E-state index in [2.05, 4.69) is 5.32 Å². The van der Waals surface area contributed by atoms with E-state index in [1.54, 1.807) is 39.0 Å². The molecule has 0 spiro atoms. The van der Waals surface area contributed by atoms with Gasteiger partial charge in [0.25, 0.3) is 0 Å². The smallest absolute Gasteiger partial charge is 0.407 e. The molecular weight excluding hydrogens is 364 g/mol. The van der Waals surface area contributed by atoms with Crippen LogP contribution < -0.4 is 14.8 Å². The van der Waals surface area contributed by atoms with E-state index in [9.17, 15) is 14.7 Å². The molecule has 0 atom stereocenters. The standard InChI is InChI=1S/C20H28N2O6/c1-19(2,3)28-18(24)21-11-20(25)12-22(13-20)7-6-15(23)14-4-5-16-17(10-14)27-9-8-26-16/h4-5,10,25H,6-9,11-13H2,1-3H3,(H,21,24). The van der Waals surface area contributed by atoms with E-state index in [0.29, 0.717) is 56.3 Å². The highest BCUT2D eigenvalue weighted by Gasteiger charge is 2.41. The van der Waals surface area contributed by atoms with Crippen LogP contribution in [0.5, 0.6) is 11.5 Å². The number of nitrogens with zero attached hydrogens (tertiary/aromatic N) is 1. The molecule has 8 nitrogen and oxygen atoms in total. The number of Topliss-reactive ketones (excluding diaryl/α,β-unsaturated/α-hetero) is 1. The van der Waals surface area contributed by atoms with E-state index in [4.69, 9.17) is 14.2 Å². The first-order chi connectivity index (χ1) is 13.1. The molecule has 0 unspecified atom stereocenters. The Balaban J connectivity index is 1.40. The van der Waals surface area contributed by atoms with Gasteiger partial charge in [0.1, 0.15) is 24.4 Å². The van der Waals surface area contributed by atoms with Crippen LogP contribution in [0.1, 0.15) is 37.6 Å². The lowest BCUT2D eigenvalue weighted by Gasteiger charge is -2.46. The van der Waals surface area contributed by atoms with Crippen LogP contribution in [-0.4, -0.2) is 72.5 Å². The highest BCUT2D eigenvalue weighted by molar-refractivity contribution is 5.96. The van der Waals surface area contributed by atoms with Crippen LogP contribution in [0, 0.1) is 0 Å². The van der Waals surface area contributed by atoms with Crippen molar-refractivity contribution in [3.63, 3.8) is 0 Å². The lowest BCUT2D eigenvalue weighted by molar-refractivity contribution is -0.0943. The molecule has 1 fully saturated rings. The third kappa shape index (κ3) is 5.36. The molecule has 0 aromatic heterocycles. The SMILES string of the molecule is CC(C)(C)OC(=O)NCC1(O)CN(CCC(=O)c2ccc3c(c2)OCCO3)C1. The Labute approximate surface area is 164 Å². The summed E-state index contributed by atoms with van der Waals surface area (Å²) in [6, 6.07) is 5.22. The van der Waals surface area contributed by atoms with E-state index >= 15 is 0 Å². The van der Waals surface area contributed by atoms with Crippen molar-refractivity contribution in [2.24, 2.45) is 0 Å². The average Bonchev–Trinajstić information content (AvgIpc) is 2.61. The molecule has 0 aliphatic carbocycles. The number of carbonyl (C=O) groups excluding carboxylic acids is 2. The number of alkyl carbamates (subject to hydrolysis) is 1. The van der Waals surface area contributed by atoms with Gasteiger partial charge in [-0.25, -0.2) is 4.79 Å². The van der Waals surface area contributed by atoms with Crippen molar-refractivity contribution >= 4 is 11.9 Å². The fourth-order valence-electron chi connectivity index (χ4n) is 3.23. The van der Waals surface area contributed by atoms with Crippen LogP contribution in [0.4, 0.5) is 4.79 Å². The third-order valence-electron chi connectivity index (χ3n) is 4.52. The van der Waals surface area contributed by atoms with Gasteiger partial charge in [0.2, 0.25) is 0 Å². The van der Waals surface area contributed by atoms with Gasteiger partial charge in [-0.1, -0.05) is 0 Å². The summed E-state index contributed by atoms with van der Waals surface area (Å²) in [5, 5.41) is 13.0. The second-order valence-electron chi connectivity index (χ2n) is 8.32. The Kier molecular flexibility index (Phi) is 5.81.